The van der Waals surface area contributed by atoms with E-state index in [1.165, 1.54) is 5.56 Å². The zero-order valence-electron chi connectivity index (χ0n) is 15.4. The van der Waals surface area contributed by atoms with Gasteiger partial charge in [0, 0.05) is 29.3 Å². The van der Waals surface area contributed by atoms with E-state index in [-0.39, 0.29) is 11.0 Å². The molecule has 1 unspecified atom stereocenters. The second kappa shape index (κ2) is 7.39. The first-order chi connectivity index (χ1) is 11.9. The van der Waals surface area contributed by atoms with E-state index in [1.807, 2.05) is 13.0 Å². The molecule has 0 radical (unpaired) electrons. The summed E-state index contributed by atoms with van der Waals surface area (Å²) < 4.78 is 6.00. The molecule has 0 aliphatic carbocycles. The summed E-state index contributed by atoms with van der Waals surface area (Å²) in [6.07, 6.45) is 3.21. The lowest BCUT2D eigenvalue weighted by atomic mass is 9.67. The van der Waals surface area contributed by atoms with Crippen molar-refractivity contribution in [3.05, 3.63) is 64.7 Å². The van der Waals surface area contributed by atoms with Gasteiger partial charge in [-0.05, 0) is 69.4 Å². The van der Waals surface area contributed by atoms with E-state index in [4.69, 9.17) is 16.3 Å². The van der Waals surface area contributed by atoms with Gasteiger partial charge in [0.25, 0.3) is 0 Å². The van der Waals surface area contributed by atoms with Crippen LogP contribution in [0.1, 0.15) is 44.2 Å². The van der Waals surface area contributed by atoms with Crippen molar-refractivity contribution >= 4 is 17.3 Å². The summed E-state index contributed by atoms with van der Waals surface area (Å²) in [5.41, 5.74) is 3.76. The van der Waals surface area contributed by atoms with Gasteiger partial charge < -0.3 is 10.1 Å². The smallest absolute Gasteiger partial charge is 0.0635 e. The van der Waals surface area contributed by atoms with Crippen LogP contribution in [0, 0.1) is 6.92 Å². The molecule has 25 heavy (non-hydrogen) atoms. The number of rotatable bonds is 5. The highest BCUT2D eigenvalue weighted by atomic mass is 35.5. The lowest BCUT2D eigenvalue weighted by Crippen LogP contribution is -2.44. The minimum Gasteiger partial charge on any atom is -0.385 e. The highest BCUT2D eigenvalue weighted by Gasteiger charge is 2.41. The highest BCUT2D eigenvalue weighted by molar-refractivity contribution is 6.31. The molecule has 1 N–H and O–H groups in total. The van der Waals surface area contributed by atoms with Gasteiger partial charge in [0.2, 0.25) is 0 Å². The number of halogens is 1. The number of nitrogens with one attached hydrogen (secondary N) is 1. The SMILES string of the molecule is Cc1cc(NCCC2(c3ccccc3)CCOC(C)(C)C2)ccc1Cl. The third-order valence-electron chi connectivity index (χ3n) is 5.31. The van der Waals surface area contributed by atoms with E-state index in [2.05, 4.69) is 61.6 Å². The second-order valence-electron chi connectivity index (χ2n) is 7.82. The number of aryl methyl sites for hydroxylation is 1. The Morgan fingerprint density at radius 3 is 2.56 bits per heavy atom. The number of anilines is 1. The molecule has 1 aliphatic heterocycles. The van der Waals surface area contributed by atoms with E-state index in [0.29, 0.717) is 0 Å². The van der Waals surface area contributed by atoms with Crippen molar-refractivity contribution in [1.29, 1.82) is 0 Å². The van der Waals surface area contributed by atoms with Gasteiger partial charge in [0.15, 0.2) is 0 Å². The van der Waals surface area contributed by atoms with Crippen LogP contribution in [-0.4, -0.2) is 18.8 Å². The molecule has 2 nitrogen and oxygen atoms in total. The molecule has 0 aromatic heterocycles. The summed E-state index contributed by atoms with van der Waals surface area (Å²) >= 11 is 6.13. The van der Waals surface area contributed by atoms with Gasteiger partial charge in [-0.3, -0.25) is 0 Å². The lowest BCUT2D eigenvalue weighted by Gasteiger charge is -2.45. The van der Waals surface area contributed by atoms with Crippen LogP contribution in [0.15, 0.2) is 48.5 Å². The molecular formula is C22H28ClNO. The van der Waals surface area contributed by atoms with E-state index in [9.17, 15) is 0 Å². The third-order valence-corrected chi connectivity index (χ3v) is 5.74. The van der Waals surface area contributed by atoms with Crippen LogP contribution >= 0.6 is 11.6 Å². The molecular weight excluding hydrogens is 330 g/mol. The van der Waals surface area contributed by atoms with Gasteiger partial charge in [-0.1, -0.05) is 41.9 Å². The standard InChI is InChI=1S/C22H28ClNO/c1-17-15-19(9-10-20(17)23)24-13-11-22(18-7-5-4-6-8-18)12-14-25-21(2,3)16-22/h4-10,15,24H,11-14,16H2,1-3H3. The summed E-state index contributed by atoms with van der Waals surface area (Å²) in [6, 6.07) is 17.1. The number of benzene rings is 2. The Labute approximate surface area is 156 Å². The monoisotopic (exact) mass is 357 g/mol. The fourth-order valence-electron chi connectivity index (χ4n) is 4.07. The van der Waals surface area contributed by atoms with Crippen LogP contribution < -0.4 is 5.32 Å². The van der Waals surface area contributed by atoms with E-state index < -0.39 is 0 Å². The van der Waals surface area contributed by atoms with Gasteiger partial charge in [-0.25, -0.2) is 0 Å². The molecule has 1 aliphatic rings. The molecule has 0 bridgehead atoms. The zero-order valence-corrected chi connectivity index (χ0v) is 16.2. The van der Waals surface area contributed by atoms with Crippen molar-refractivity contribution in [2.24, 2.45) is 0 Å². The molecule has 134 valence electrons. The summed E-state index contributed by atoms with van der Waals surface area (Å²) in [5.74, 6) is 0. The topological polar surface area (TPSA) is 21.3 Å². The predicted molar refractivity (Wildman–Crippen MR) is 107 cm³/mol. The highest BCUT2D eigenvalue weighted by Crippen LogP contribution is 2.43. The van der Waals surface area contributed by atoms with Crippen molar-refractivity contribution in [3.8, 4) is 0 Å². The van der Waals surface area contributed by atoms with Crippen LogP contribution in [0.4, 0.5) is 5.69 Å². The minimum absolute atomic E-state index is 0.0784. The largest absolute Gasteiger partial charge is 0.385 e. The Hall–Kier alpha value is -1.51. The van der Waals surface area contributed by atoms with Crippen molar-refractivity contribution in [3.63, 3.8) is 0 Å². The van der Waals surface area contributed by atoms with Crippen LogP contribution in [0.2, 0.25) is 5.02 Å². The third kappa shape index (κ3) is 4.37. The molecule has 2 aromatic carbocycles. The molecule has 3 rings (SSSR count). The Bertz CT molecular complexity index is 713. The Kier molecular flexibility index (Phi) is 5.41. The Balaban J connectivity index is 1.75. The maximum absolute atomic E-state index is 6.13. The molecule has 2 aromatic rings. The van der Waals surface area contributed by atoms with Crippen LogP contribution in [-0.2, 0) is 10.2 Å². The van der Waals surface area contributed by atoms with Gasteiger partial charge in [0.1, 0.15) is 0 Å². The van der Waals surface area contributed by atoms with Crippen LogP contribution in [0.3, 0.4) is 0 Å². The molecule has 1 heterocycles. The summed E-state index contributed by atoms with van der Waals surface area (Å²) in [4.78, 5) is 0. The van der Waals surface area contributed by atoms with E-state index in [0.717, 1.165) is 48.7 Å². The fraction of sp³-hybridized carbons (Fsp3) is 0.455. The number of ether oxygens (including phenoxy) is 1. The van der Waals surface area contributed by atoms with E-state index >= 15 is 0 Å². The molecule has 1 saturated heterocycles. The predicted octanol–water partition coefficient (Wildman–Crippen LogP) is 5.98. The van der Waals surface area contributed by atoms with Crippen LogP contribution in [0.5, 0.6) is 0 Å². The minimum atomic E-state index is -0.0784. The van der Waals surface area contributed by atoms with Gasteiger partial charge >= 0.3 is 0 Å². The number of hydrogen-bond donors (Lipinski definition) is 1. The van der Waals surface area contributed by atoms with Crippen molar-refractivity contribution in [2.75, 3.05) is 18.5 Å². The first-order valence-corrected chi connectivity index (χ1v) is 9.48. The summed E-state index contributed by atoms with van der Waals surface area (Å²) in [6.45, 7) is 8.22. The first kappa shape index (κ1) is 18.3. The van der Waals surface area contributed by atoms with Crippen molar-refractivity contribution < 1.29 is 4.74 Å². The first-order valence-electron chi connectivity index (χ1n) is 9.10. The molecule has 3 heteroatoms. The average molecular weight is 358 g/mol. The van der Waals surface area contributed by atoms with Gasteiger partial charge in [-0.2, -0.15) is 0 Å². The molecule has 0 spiro atoms. The summed E-state index contributed by atoms with van der Waals surface area (Å²) in [5, 5.41) is 4.40. The van der Waals surface area contributed by atoms with Gasteiger partial charge in [-0.15, -0.1) is 0 Å². The second-order valence-corrected chi connectivity index (χ2v) is 8.23. The lowest BCUT2D eigenvalue weighted by molar-refractivity contribution is -0.0834. The van der Waals surface area contributed by atoms with Crippen molar-refractivity contribution in [1.82, 2.24) is 0 Å². The average Bonchev–Trinajstić information content (AvgIpc) is 2.58. The zero-order chi connectivity index (χ0) is 17.9. The van der Waals surface area contributed by atoms with Gasteiger partial charge in [0.05, 0.1) is 5.60 Å². The quantitative estimate of drug-likeness (QED) is 0.710. The molecule has 0 amide bonds. The van der Waals surface area contributed by atoms with Crippen molar-refractivity contribution in [2.45, 2.75) is 51.0 Å². The Morgan fingerprint density at radius 1 is 1.12 bits per heavy atom. The van der Waals surface area contributed by atoms with Crippen LogP contribution in [0.25, 0.3) is 0 Å². The number of hydrogen-bond acceptors (Lipinski definition) is 2. The maximum atomic E-state index is 6.13. The fourth-order valence-corrected chi connectivity index (χ4v) is 4.19. The van der Waals surface area contributed by atoms with E-state index in [1.54, 1.807) is 0 Å². The molecule has 1 fully saturated rings. The normalized spacial score (nSPS) is 22.6. The summed E-state index contributed by atoms with van der Waals surface area (Å²) in [7, 11) is 0. The Morgan fingerprint density at radius 2 is 1.88 bits per heavy atom. The molecule has 0 saturated carbocycles. The molecule has 1 atom stereocenters. The maximum Gasteiger partial charge on any atom is 0.0635 e.